The summed E-state index contributed by atoms with van der Waals surface area (Å²) in [7, 11) is -3.79. The Morgan fingerprint density at radius 2 is 1.63 bits per heavy atom. The molecule has 7 heteroatoms. The van der Waals surface area contributed by atoms with E-state index in [9.17, 15) is 13.2 Å². The van der Waals surface area contributed by atoms with Gasteiger partial charge in [0.1, 0.15) is 0 Å². The Kier molecular flexibility index (Phi) is 5.52. The SMILES string of the molecule is Cc1ccc(S(=O)(=O)Nc2ccccc2C(=O)NCc2ccncc2)cc1. The molecule has 0 aliphatic carbocycles. The zero-order valence-corrected chi connectivity index (χ0v) is 15.5. The van der Waals surface area contributed by atoms with Gasteiger partial charge in [-0.25, -0.2) is 8.42 Å². The maximum atomic E-state index is 12.6. The van der Waals surface area contributed by atoms with Crippen molar-refractivity contribution in [3.05, 3.63) is 89.7 Å². The maximum Gasteiger partial charge on any atom is 0.261 e. The van der Waals surface area contributed by atoms with Gasteiger partial charge in [0.2, 0.25) is 0 Å². The highest BCUT2D eigenvalue weighted by Crippen LogP contribution is 2.20. The Hall–Kier alpha value is -3.19. The minimum absolute atomic E-state index is 0.139. The zero-order chi connectivity index (χ0) is 19.3. The molecule has 0 atom stereocenters. The Balaban J connectivity index is 1.79. The average Bonchev–Trinajstić information content (AvgIpc) is 2.67. The molecule has 0 radical (unpaired) electrons. The molecule has 0 aliphatic heterocycles. The van der Waals surface area contributed by atoms with Gasteiger partial charge in [-0.1, -0.05) is 29.8 Å². The molecular weight excluding hydrogens is 362 g/mol. The van der Waals surface area contributed by atoms with E-state index in [4.69, 9.17) is 0 Å². The first-order chi connectivity index (χ1) is 13.0. The van der Waals surface area contributed by atoms with Crippen LogP contribution in [0.25, 0.3) is 0 Å². The summed E-state index contributed by atoms with van der Waals surface area (Å²) in [6.07, 6.45) is 3.29. The molecule has 0 spiro atoms. The van der Waals surface area contributed by atoms with E-state index in [2.05, 4.69) is 15.0 Å². The number of rotatable bonds is 6. The van der Waals surface area contributed by atoms with E-state index in [1.807, 2.05) is 6.92 Å². The first-order valence-electron chi connectivity index (χ1n) is 8.31. The molecule has 0 saturated heterocycles. The number of benzene rings is 2. The van der Waals surface area contributed by atoms with Crippen molar-refractivity contribution in [3.63, 3.8) is 0 Å². The first kappa shape index (κ1) is 18.6. The fraction of sp³-hybridized carbons (Fsp3) is 0.100. The predicted molar refractivity (Wildman–Crippen MR) is 104 cm³/mol. The van der Waals surface area contributed by atoms with Crippen LogP contribution in [-0.2, 0) is 16.6 Å². The number of hydrogen-bond donors (Lipinski definition) is 2. The van der Waals surface area contributed by atoms with Crippen LogP contribution < -0.4 is 10.0 Å². The molecule has 3 rings (SSSR count). The van der Waals surface area contributed by atoms with Crippen LogP contribution in [0, 0.1) is 6.92 Å². The second-order valence-electron chi connectivity index (χ2n) is 6.00. The van der Waals surface area contributed by atoms with Crippen molar-refractivity contribution in [3.8, 4) is 0 Å². The quantitative estimate of drug-likeness (QED) is 0.687. The second-order valence-corrected chi connectivity index (χ2v) is 7.68. The number of nitrogens with one attached hydrogen (secondary N) is 2. The Labute approximate surface area is 158 Å². The van der Waals surface area contributed by atoms with E-state index in [1.165, 1.54) is 12.1 Å². The van der Waals surface area contributed by atoms with Gasteiger partial charge >= 0.3 is 0 Å². The maximum absolute atomic E-state index is 12.6. The molecule has 0 bridgehead atoms. The van der Waals surface area contributed by atoms with E-state index in [0.29, 0.717) is 6.54 Å². The van der Waals surface area contributed by atoms with Gasteiger partial charge in [0.25, 0.3) is 15.9 Å². The summed E-state index contributed by atoms with van der Waals surface area (Å²) < 4.78 is 27.7. The number of hydrogen-bond acceptors (Lipinski definition) is 4. The lowest BCUT2D eigenvalue weighted by atomic mass is 10.1. The van der Waals surface area contributed by atoms with E-state index < -0.39 is 10.0 Å². The molecule has 1 amide bonds. The van der Waals surface area contributed by atoms with E-state index >= 15 is 0 Å². The van der Waals surface area contributed by atoms with Crippen molar-refractivity contribution >= 4 is 21.6 Å². The van der Waals surface area contributed by atoms with Gasteiger partial charge in [-0.05, 0) is 48.9 Å². The Morgan fingerprint density at radius 3 is 2.33 bits per heavy atom. The van der Waals surface area contributed by atoms with Crippen molar-refractivity contribution in [2.24, 2.45) is 0 Å². The number of anilines is 1. The molecule has 0 fully saturated rings. The number of nitrogens with zero attached hydrogens (tertiary/aromatic N) is 1. The smallest absolute Gasteiger partial charge is 0.261 e. The average molecular weight is 381 g/mol. The van der Waals surface area contributed by atoms with Crippen LogP contribution in [0.2, 0.25) is 0 Å². The summed E-state index contributed by atoms with van der Waals surface area (Å²) >= 11 is 0. The molecule has 1 heterocycles. The van der Waals surface area contributed by atoms with E-state index in [-0.39, 0.29) is 22.1 Å². The highest BCUT2D eigenvalue weighted by Gasteiger charge is 2.18. The zero-order valence-electron chi connectivity index (χ0n) is 14.7. The fourth-order valence-electron chi connectivity index (χ4n) is 2.47. The summed E-state index contributed by atoms with van der Waals surface area (Å²) in [6.45, 7) is 2.20. The van der Waals surface area contributed by atoms with Crippen LogP contribution in [0.5, 0.6) is 0 Å². The molecule has 1 aromatic heterocycles. The third kappa shape index (κ3) is 4.71. The normalized spacial score (nSPS) is 11.0. The van der Waals surface area contributed by atoms with Gasteiger partial charge < -0.3 is 5.32 Å². The van der Waals surface area contributed by atoms with Crippen LogP contribution in [0.3, 0.4) is 0 Å². The molecule has 27 heavy (non-hydrogen) atoms. The summed E-state index contributed by atoms with van der Waals surface area (Å²) in [5.41, 5.74) is 2.34. The second kappa shape index (κ2) is 8.01. The topological polar surface area (TPSA) is 88.2 Å². The summed E-state index contributed by atoms with van der Waals surface area (Å²) in [5.74, 6) is -0.367. The third-order valence-corrected chi connectivity index (χ3v) is 5.33. The van der Waals surface area contributed by atoms with Crippen molar-refractivity contribution in [1.82, 2.24) is 10.3 Å². The third-order valence-electron chi connectivity index (χ3n) is 3.95. The Morgan fingerprint density at radius 1 is 0.963 bits per heavy atom. The molecule has 6 nitrogen and oxygen atoms in total. The largest absolute Gasteiger partial charge is 0.348 e. The van der Waals surface area contributed by atoms with Crippen LogP contribution in [-0.4, -0.2) is 19.3 Å². The molecule has 138 valence electrons. The highest BCUT2D eigenvalue weighted by atomic mass is 32.2. The van der Waals surface area contributed by atoms with Crippen LogP contribution in [0.15, 0.2) is 78.0 Å². The number of pyridine rings is 1. The standard InChI is InChI=1S/C20H19N3O3S/c1-15-6-8-17(9-7-15)27(25,26)23-19-5-3-2-4-18(19)20(24)22-14-16-10-12-21-13-11-16/h2-13,23H,14H2,1H3,(H,22,24). The number of carbonyl (C=O) groups is 1. The molecule has 2 N–H and O–H groups in total. The van der Waals surface area contributed by atoms with Gasteiger partial charge in [0, 0.05) is 18.9 Å². The number of sulfonamides is 1. The lowest BCUT2D eigenvalue weighted by Gasteiger charge is -2.13. The highest BCUT2D eigenvalue weighted by molar-refractivity contribution is 7.92. The summed E-state index contributed by atoms with van der Waals surface area (Å²) in [6, 6.07) is 16.6. The number of amides is 1. The van der Waals surface area contributed by atoms with Crippen molar-refractivity contribution in [1.29, 1.82) is 0 Å². The lowest BCUT2D eigenvalue weighted by Crippen LogP contribution is -2.25. The molecule has 2 aromatic carbocycles. The molecular formula is C20H19N3O3S. The Bertz CT molecular complexity index is 1030. The number of aromatic nitrogens is 1. The van der Waals surface area contributed by atoms with Crippen molar-refractivity contribution in [2.45, 2.75) is 18.4 Å². The molecule has 3 aromatic rings. The van der Waals surface area contributed by atoms with Crippen LogP contribution >= 0.6 is 0 Å². The fourth-order valence-corrected chi connectivity index (χ4v) is 3.55. The summed E-state index contributed by atoms with van der Waals surface area (Å²) in [5, 5.41) is 2.79. The lowest BCUT2D eigenvalue weighted by molar-refractivity contribution is 0.0952. The molecule has 0 saturated carbocycles. The minimum Gasteiger partial charge on any atom is -0.348 e. The predicted octanol–water partition coefficient (Wildman–Crippen LogP) is 3.12. The van der Waals surface area contributed by atoms with E-state index in [1.54, 1.807) is 60.9 Å². The minimum atomic E-state index is -3.79. The molecule has 0 unspecified atom stereocenters. The van der Waals surface area contributed by atoms with Gasteiger partial charge in [0.05, 0.1) is 16.1 Å². The monoisotopic (exact) mass is 381 g/mol. The first-order valence-corrected chi connectivity index (χ1v) is 9.80. The van der Waals surface area contributed by atoms with E-state index in [0.717, 1.165) is 11.1 Å². The van der Waals surface area contributed by atoms with Crippen molar-refractivity contribution in [2.75, 3.05) is 4.72 Å². The number of aryl methyl sites for hydroxylation is 1. The van der Waals surface area contributed by atoms with Crippen LogP contribution in [0.4, 0.5) is 5.69 Å². The summed E-state index contributed by atoms with van der Waals surface area (Å²) in [4.78, 5) is 16.6. The van der Waals surface area contributed by atoms with Crippen LogP contribution in [0.1, 0.15) is 21.5 Å². The van der Waals surface area contributed by atoms with Crippen molar-refractivity contribution < 1.29 is 13.2 Å². The number of para-hydroxylation sites is 1. The van der Waals surface area contributed by atoms with Gasteiger partial charge in [0.15, 0.2) is 0 Å². The number of carbonyl (C=O) groups excluding carboxylic acids is 1. The van der Waals surface area contributed by atoms with Gasteiger partial charge in [-0.2, -0.15) is 0 Å². The van der Waals surface area contributed by atoms with Gasteiger partial charge in [-0.3, -0.25) is 14.5 Å². The van der Waals surface area contributed by atoms with Gasteiger partial charge in [-0.15, -0.1) is 0 Å². The molecule has 0 aliphatic rings.